The topological polar surface area (TPSA) is 104 Å². The molecule has 2 heterocycles. The number of rotatable bonds is 5. The third kappa shape index (κ3) is 4.99. The first-order valence-electron chi connectivity index (χ1n) is 8.19. The van der Waals surface area contributed by atoms with E-state index in [1.807, 2.05) is 35.2 Å². The zero-order valence-electron chi connectivity index (χ0n) is 13.8. The maximum Gasteiger partial charge on any atom is 0.254 e. The molecule has 3 rings (SSSR count). The Labute approximate surface area is 150 Å². The Kier molecular flexibility index (Phi) is 5.60. The summed E-state index contributed by atoms with van der Waals surface area (Å²) in [6, 6.07) is 11.5. The number of carbonyl (C=O) groups excluding carboxylic acids is 1. The summed E-state index contributed by atoms with van der Waals surface area (Å²) in [6.07, 6.45) is 1.63. The van der Waals surface area contributed by atoms with Gasteiger partial charge in [0.25, 0.3) is 5.56 Å². The Balaban J connectivity index is 1.46. The van der Waals surface area contributed by atoms with Crippen LogP contribution in [0.2, 0.25) is 0 Å². The zero-order valence-corrected chi connectivity index (χ0v) is 14.6. The average molecular weight is 359 g/mol. The lowest BCUT2D eigenvalue weighted by atomic mass is 10.1. The molecule has 0 spiro atoms. The molecule has 1 aliphatic rings. The molecule has 2 aromatic rings. The molecule has 25 heavy (non-hydrogen) atoms. The molecule has 1 aliphatic heterocycles. The number of nitrogens with two attached hydrogens (primary N) is 1. The Morgan fingerprint density at radius 2 is 2.04 bits per heavy atom. The van der Waals surface area contributed by atoms with Gasteiger partial charge in [0, 0.05) is 30.1 Å². The van der Waals surface area contributed by atoms with E-state index in [2.05, 4.69) is 15.3 Å². The van der Waals surface area contributed by atoms with Gasteiger partial charge in [-0.3, -0.25) is 14.6 Å². The lowest BCUT2D eigenvalue weighted by Gasteiger charge is -2.33. The van der Waals surface area contributed by atoms with Gasteiger partial charge < -0.3 is 16.0 Å². The molecular weight excluding hydrogens is 338 g/mol. The fourth-order valence-electron chi connectivity index (χ4n) is 2.81. The van der Waals surface area contributed by atoms with Crippen molar-refractivity contribution in [2.45, 2.75) is 23.8 Å². The minimum Gasteiger partial charge on any atom is -0.369 e. The van der Waals surface area contributed by atoms with E-state index in [1.165, 1.54) is 17.8 Å². The summed E-state index contributed by atoms with van der Waals surface area (Å²) in [7, 11) is 0. The smallest absolute Gasteiger partial charge is 0.254 e. The number of nitrogens with zero attached hydrogens (tertiary/aromatic N) is 2. The molecular formula is C17H21N5O2S. The summed E-state index contributed by atoms with van der Waals surface area (Å²) < 4.78 is 0. The van der Waals surface area contributed by atoms with Crippen molar-refractivity contribution >= 4 is 29.4 Å². The molecule has 1 fully saturated rings. The predicted molar refractivity (Wildman–Crippen MR) is 99.8 cm³/mol. The van der Waals surface area contributed by atoms with E-state index >= 15 is 0 Å². The maximum atomic E-state index is 12.1. The number of thioether (sulfide) groups is 1. The second-order valence-corrected chi connectivity index (χ2v) is 6.97. The summed E-state index contributed by atoms with van der Waals surface area (Å²) in [5, 5.41) is 3.08. The number of amides is 1. The third-order valence-corrected chi connectivity index (χ3v) is 5.06. The van der Waals surface area contributed by atoms with Crippen LogP contribution in [0.15, 0.2) is 46.1 Å². The van der Waals surface area contributed by atoms with Gasteiger partial charge in [-0.2, -0.15) is 4.98 Å². The zero-order chi connectivity index (χ0) is 17.6. The number of piperidine rings is 1. The van der Waals surface area contributed by atoms with Crippen LogP contribution in [0.1, 0.15) is 12.8 Å². The van der Waals surface area contributed by atoms with Gasteiger partial charge in [-0.1, -0.05) is 18.2 Å². The molecule has 132 valence electrons. The molecule has 0 saturated carbocycles. The Morgan fingerprint density at radius 1 is 1.32 bits per heavy atom. The number of H-pyrrole nitrogens is 1. The normalized spacial score (nSPS) is 15.1. The average Bonchev–Trinajstić information content (AvgIpc) is 2.61. The van der Waals surface area contributed by atoms with Gasteiger partial charge in [-0.05, 0) is 25.0 Å². The molecule has 0 unspecified atom stereocenters. The van der Waals surface area contributed by atoms with Crippen LogP contribution in [0.25, 0.3) is 0 Å². The number of hydrogen-bond donors (Lipinski definition) is 3. The number of benzene rings is 1. The first-order chi connectivity index (χ1) is 12.1. The number of aromatic nitrogens is 2. The van der Waals surface area contributed by atoms with Crippen LogP contribution in [0, 0.1) is 0 Å². The summed E-state index contributed by atoms with van der Waals surface area (Å²) in [5.41, 5.74) is 5.33. The van der Waals surface area contributed by atoms with E-state index in [4.69, 9.17) is 5.73 Å². The minimum atomic E-state index is -0.254. The van der Waals surface area contributed by atoms with Gasteiger partial charge in [0.15, 0.2) is 0 Å². The van der Waals surface area contributed by atoms with Crippen LogP contribution >= 0.6 is 11.8 Å². The lowest BCUT2D eigenvalue weighted by Crippen LogP contribution is -2.45. The number of hydrogen-bond acceptors (Lipinski definition) is 6. The van der Waals surface area contributed by atoms with Gasteiger partial charge >= 0.3 is 0 Å². The second kappa shape index (κ2) is 8.06. The van der Waals surface area contributed by atoms with Crippen LogP contribution in [-0.2, 0) is 4.79 Å². The van der Waals surface area contributed by atoms with Crippen molar-refractivity contribution in [1.82, 2.24) is 15.3 Å². The number of anilines is 2. The van der Waals surface area contributed by atoms with Gasteiger partial charge in [0.2, 0.25) is 11.9 Å². The highest BCUT2D eigenvalue weighted by molar-refractivity contribution is 8.00. The molecule has 1 amide bonds. The molecule has 0 radical (unpaired) electrons. The quantitative estimate of drug-likeness (QED) is 0.694. The van der Waals surface area contributed by atoms with Crippen molar-refractivity contribution in [2.75, 3.05) is 29.5 Å². The molecule has 0 bridgehead atoms. The SMILES string of the molecule is Nc1nc(N2CCC(NC(=O)CSc3ccccc3)CC2)cc(=O)[nH]1. The summed E-state index contributed by atoms with van der Waals surface area (Å²) in [6.45, 7) is 1.46. The van der Waals surface area contributed by atoms with E-state index in [0.717, 1.165) is 30.8 Å². The Morgan fingerprint density at radius 3 is 2.72 bits per heavy atom. The van der Waals surface area contributed by atoms with Crippen molar-refractivity contribution in [3.8, 4) is 0 Å². The summed E-state index contributed by atoms with van der Waals surface area (Å²) >= 11 is 1.53. The van der Waals surface area contributed by atoms with Crippen molar-refractivity contribution < 1.29 is 4.79 Å². The van der Waals surface area contributed by atoms with Gasteiger partial charge in [0.1, 0.15) is 5.82 Å². The Hall–Kier alpha value is -2.48. The number of nitrogen functional groups attached to an aromatic ring is 1. The lowest BCUT2D eigenvalue weighted by molar-refractivity contribution is -0.119. The van der Waals surface area contributed by atoms with E-state index in [0.29, 0.717) is 11.6 Å². The molecule has 8 heteroatoms. The van der Waals surface area contributed by atoms with E-state index in [1.54, 1.807) is 0 Å². The largest absolute Gasteiger partial charge is 0.369 e. The maximum absolute atomic E-state index is 12.1. The van der Waals surface area contributed by atoms with Crippen LogP contribution in [0.3, 0.4) is 0 Å². The molecule has 1 aromatic heterocycles. The number of carbonyl (C=O) groups is 1. The highest BCUT2D eigenvalue weighted by atomic mass is 32.2. The molecule has 0 atom stereocenters. The fraction of sp³-hybridized carbons (Fsp3) is 0.353. The van der Waals surface area contributed by atoms with E-state index < -0.39 is 0 Å². The van der Waals surface area contributed by atoms with Crippen molar-refractivity contribution in [2.24, 2.45) is 0 Å². The molecule has 7 nitrogen and oxygen atoms in total. The van der Waals surface area contributed by atoms with Crippen LogP contribution in [0.5, 0.6) is 0 Å². The van der Waals surface area contributed by atoms with Crippen molar-refractivity contribution in [3.05, 3.63) is 46.8 Å². The monoisotopic (exact) mass is 359 g/mol. The minimum absolute atomic E-state index is 0.0471. The molecule has 0 aliphatic carbocycles. The first-order valence-corrected chi connectivity index (χ1v) is 9.18. The third-order valence-electron chi connectivity index (χ3n) is 4.04. The highest BCUT2D eigenvalue weighted by Gasteiger charge is 2.22. The molecule has 1 aromatic carbocycles. The van der Waals surface area contributed by atoms with Crippen LogP contribution in [0.4, 0.5) is 11.8 Å². The summed E-state index contributed by atoms with van der Waals surface area (Å²) in [4.78, 5) is 33.3. The number of aromatic amines is 1. The van der Waals surface area contributed by atoms with Crippen molar-refractivity contribution in [3.63, 3.8) is 0 Å². The second-order valence-electron chi connectivity index (χ2n) is 5.92. The van der Waals surface area contributed by atoms with Gasteiger partial charge in [0.05, 0.1) is 5.75 Å². The standard InChI is InChI=1S/C17H21N5O2S/c18-17-20-14(10-15(23)21-17)22-8-6-12(7-9-22)19-16(24)11-25-13-4-2-1-3-5-13/h1-5,10,12H,6-9,11H2,(H,19,24)(H3,18,20,21,23). The predicted octanol–water partition coefficient (Wildman–Crippen LogP) is 1.23. The highest BCUT2D eigenvalue weighted by Crippen LogP contribution is 2.19. The van der Waals surface area contributed by atoms with E-state index in [9.17, 15) is 9.59 Å². The number of nitrogens with one attached hydrogen (secondary N) is 2. The van der Waals surface area contributed by atoms with Gasteiger partial charge in [-0.25, -0.2) is 0 Å². The van der Waals surface area contributed by atoms with Crippen LogP contribution in [-0.4, -0.2) is 40.8 Å². The molecule has 4 N–H and O–H groups in total. The fourth-order valence-corrected chi connectivity index (χ4v) is 3.54. The summed E-state index contributed by atoms with van der Waals surface area (Å²) in [5.74, 6) is 1.17. The Bertz CT molecular complexity index is 772. The first kappa shape index (κ1) is 17.3. The van der Waals surface area contributed by atoms with Gasteiger partial charge in [-0.15, -0.1) is 11.8 Å². The molecule has 1 saturated heterocycles. The van der Waals surface area contributed by atoms with Crippen LogP contribution < -0.4 is 21.5 Å². The van der Waals surface area contributed by atoms with Crippen molar-refractivity contribution in [1.29, 1.82) is 0 Å². The van der Waals surface area contributed by atoms with E-state index in [-0.39, 0.29) is 23.5 Å².